The maximum absolute atomic E-state index is 11.8. The molecule has 0 aliphatic rings. The van der Waals surface area contributed by atoms with Crippen LogP contribution in [0.1, 0.15) is 47.5 Å². The van der Waals surface area contributed by atoms with E-state index in [4.69, 9.17) is 0 Å². The van der Waals surface area contributed by atoms with E-state index in [0.29, 0.717) is 17.6 Å². The van der Waals surface area contributed by atoms with Crippen molar-refractivity contribution in [2.75, 3.05) is 20.6 Å². The summed E-state index contributed by atoms with van der Waals surface area (Å²) in [5.74, 6) is 1.72. The molecule has 0 bridgehead atoms. The van der Waals surface area contributed by atoms with Crippen LogP contribution in [0.4, 0.5) is 0 Å². The van der Waals surface area contributed by atoms with Crippen molar-refractivity contribution in [3.05, 3.63) is 0 Å². The van der Waals surface area contributed by atoms with Gasteiger partial charge in [-0.3, -0.25) is 4.79 Å². The first kappa shape index (κ1) is 15.6. The van der Waals surface area contributed by atoms with Gasteiger partial charge in [0.25, 0.3) is 0 Å². The second kappa shape index (κ2) is 6.39. The molecule has 0 radical (unpaired) electrons. The summed E-state index contributed by atoms with van der Waals surface area (Å²) in [6.07, 6.45) is 2.14. The first-order valence-electron chi connectivity index (χ1n) is 6.35. The highest BCUT2D eigenvalue weighted by molar-refractivity contribution is 5.82. The molecule has 0 saturated heterocycles. The van der Waals surface area contributed by atoms with Gasteiger partial charge in [0.05, 0.1) is 0 Å². The second-order valence-electron chi connectivity index (χ2n) is 6.11. The Hall–Kier alpha value is -0.370. The number of nitrogens with zero attached hydrogens (tertiary/aromatic N) is 1. The summed E-state index contributed by atoms with van der Waals surface area (Å²) >= 11 is 0. The summed E-state index contributed by atoms with van der Waals surface area (Å²) < 4.78 is 0. The third-order valence-corrected chi connectivity index (χ3v) is 3.80. The van der Waals surface area contributed by atoms with Crippen molar-refractivity contribution in [1.29, 1.82) is 0 Å². The average Bonchev–Trinajstić information content (AvgIpc) is 2.12. The highest BCUT2D eigenvalue weighted by atomic mass is 16.1. The number of carbonyl (C=O) groups is 1. The van der Waals surface area contributed by atoms with Gasteiger partial charge in [-0.25, -0.2) is 0 Å². The minimum absolute atomic E-state index is 0.174. The summed E-state index contributed by atoms with van der Waals surface area (Å²) in [6, 6.07) is 0. The van der Waals surface area contributed by atoms with Crippen molar-refractivity contribution in [3.63, 3.8) is 0 Å². The van der Waals surface area contributed by atoms with Crippen molar-refractivity contribution >= 4 is 5.78 Å². The molecule has 0 amide bonds. The van der Waals surface area contributed by atoms with Gasteiger partial charge in [0.1, 0.15) is 5.78 Å². The molecule has 0 rings (SSSR count). The molecule has 0 saturated carbocycles. The Morgan fingerprint density at radius 3 is 2.06 bits per heavy atom. The van der Waals surface area contributed by atoms with Gasteiger partial charge in [-0.05, 0) is 45.7 Å². The first-order chi connectivity index (χ1) is 7.19. The van der Waals surface area contributed by atoms with E-state index < -0.39 is 0 Å². The van der Waals surface area contributed by atoms with Crippen molar-refractivity contribution in [2.45, 2.75) is 47.5 Å². The van der Waals surface area contributed by atoms with E-state index in [2.05, 4.69) is 32.6 Å². The van der Waals surface area contributed by atoms with Crippen LogP contribution in [0.5, 0.6) is 0 Å². The molecule has 96 valence electrons. The number of ketones is 1. The molecule has 16 heavy (non-hydrogen) atoms. The molecular weight excluding hydrogens is 198 g/mol. The summed E-state index contributed by atoms with van der Waals surface area (Å²) in [5, 5.41) is 0. The zero-order valence-electron chi connectivity index (χ0n) is 12.1. The smallest absolute Gasteiger partial charge is 0.136 e. The van der Waals surface area contributed by atoms with Crippen LogP contribution >= 0.6 is 0 Å². The maximum atomic E-state index is 11.8. The van der Waals surface area contributed by atoms with Gasteiger partial charge in [0.2, 0.25) is 0 Å². The van der Waals surface area contributed by atoms with E-state index in [-0.39, 0.29) is 5.41 Å². The van der Waals surface area contributed by atoms with Crippen LogP contribution in [0.15, 0.2) is 0 Å². The predicted molar refractivity (Wildman–Crippen MR) is 70.6 cm³/mol. The van der Waals surface area contributed by atoms with Gasteiger partial charge in [0.15, 0.2) is 0 Å². The summed E-state index contributed by atoms with van der Waals surface area (Å²) in [7, 11) is 4.07. The lowest BCUT2D eigenvalue weighted by Crippen LogP contribution is -2.37. The summed E-state index contributed by atoms with van der Waals surface area (Å²) in [6.45, 7) is 11.5. The number of Topliss-reactive ketones (excluding diaryl/α,β-unsaturated/α-hetero) is 1. The van der Waals surface area contributed by atoms with E-state index in [9.17, 15) is 4.79 Å². The molecule has 0 aromatic carbocycles. The van der Waals surface area contributed by atoms with Crippen molar-refractivity contribution in [3.8, 4) is 0 Å². The minimum Gasteiger partial charge on any atom is -0.308 e. The zero-order valence-corrected chi connectivity index (χ0v) is 12.1. The lowest BCUT2D eigenvalue weighted by Gasteiger charge is -2.31. The Morgan fingerprint density at radius 2 is 1.75 bits per heavy atom. The van der Waals surface area contributed by atoms with Crippen LogP contribution in [-0.2, 0) is 4.79 Å². The fraction of sp³-hybridized carbons (Fsp3) is 0.929. The minimum atomic E-state index is -0.174. The molecule has 0 aliphatic heterocycles. The van der Waals surface area contributed by atoms with Crippen LogP contribution in [0, 0.1) is 17.3 Å². The van der Waals surface area contributed by atoms with Gasteiger partial charge in [-0.1, -0.05) is 27.7 Å². The molecule has 2 atom stereocenters. The lowest BCUT2D eigenvalue weighted by molar-refractivity contribution is -0.127. The standard InChI is InChI=1S/C14H29NO/c1-11(2)12(3)8-9-14(5,13(4)16)10-15(6)7/h11-12H,8-10H2,1-7H3. The molecule has 2 unspecified atom stereocenters. The highest BCUT2D eigenvalue weighted by Crippen LogP contribution is 2.29. The highest BCUT2D eigenvalue weighted by Gasteiger charge is 2.30. The Kier molecular flexibility index (Phi) is 6.24. The molecule has 0 fully saturated rings. The van der Waals surface area contributed by atoms with Gasteiger partial charge in [-0.15, -0.1) is 0 Å². The molecule has 0 aromatic rings. The van der Waals surface area contributed by atoms with Crippen LogP contribution in [-0.4, -0.2) is 31.3 Å². The Morgan fingerprint density at radius 1 is 1.25 bits per heavy atom. The number of rotatable bonds is 7. The van der Waals surface area contributed by atoms with Gasteiger partial charge in [-0.2, -0.15) is 0 Å². The first-order valence-corrected chi connectivity index (χ1v) is 6.35. The fourth-order valence-corrected chi connectivity index (χ4v) is 1.94. The zero-order chi connectivity index (χ0) is 12.9. The topological polar surface area (TPSA) is 20.3 Å². The molecule has 2 nitrogen and oxygen atoms in total. The molecule has 0 aliphatic carbocycles. The van der Waals surface area contributed by atoms with Gasteiger partial charge >= 0.3 is 0 Å². The SMILES string of the molecule is CC(=O)C(C)(CCC(C)C(C)C)CN(C)C. The van der Waals surface area contributed by atoms with Crippen molar-refractivity contribution in [2.24, 2.45) is 17.3 Å². The van der Waals surface area contributed by atoms with Crippen LogP contribution < -0.4 is 0 Å². The average molecular weight is 227 g/mol. The Bertz CT molecular complexity index is 223. The van der Waals surface area contributed by atoms with Crippen LogP contribution in [0.2, 0.25) is 0 Å². The quantitative estimate of drug-likeness (QED) is 0.665. The normalized spacial score (nSPS) is 17.6. The van der Waals surface area contributed by atoms with Crippen LogP contribution in [0.25, 0.3) is 0 Å². The molecule has 0 N–H and O–H groups in total. The maximum Gasteiger partial charge on any atom is 0.136 e. The summed E-state index contributed by atoms with van der Waals surface area (Å²) in [5.41, 5.74) is -0.174. The fourth-order valence-electron chi connectivity index (χ4n) is 1.94. The lowest BCUT2D eigenvalue weighted by atomic mass is 9.78. The number of hydrogen-bond acceptors (Lipinski definition) is 2. The second-order valence-corrected chi connectivity index (χ2v) is 6.11. The van der Waals surface area contributed by atoms with E-state index in [0.717, 1.165) is 19.4 Å². The predicted octanol–water partition coefficient (Wildman–Crippen LogP) is 3.22. The monoisotopic (exact) mass is 227 g/mol. The third kappa shape index (κ3) is 5.11. The Labute approximate surface area is 101 Å². The Balaban J connectivity index is 4.40. The van der Waals surface area contributed by atoms with E-state index >= 15 is 0 Å². The molecule has 0 aromatic heterocycles. The van der Waals surface area contributed by atoms with Crippen molar-refractivity contribution < 1.29 is 4.79 Å². The third-order valence-electron chi connectivity index (χ3n) is 3.80. The summed E-state index contributed by atoms with van der Waals surface area (Å²) in [4.78, 5) is 13.9. The molecule has 0 heterocycles. The van der Waals surface area contributed by atoms with E-state index in [1.807, 2.05) is 14.1 Å². The van der Waals surface area contributed by atoms with Gasteiger partial charge < -0.3 is 4.90 Å². The van der Waals surface area contributed by atoms with E-state index in [1.165, 1.54) is 0 Å². The number of carbonyl (C=O) groups excluding carboxylic acids is 1. The molecular formula is C14H29NO. The van der Waals surface area contributed by atoms with E-state index in [1.54, 1.807) is 6.92 Å². The molecule has 0 spiro atoms. The van der Waals surface area contributed by atoms with Crippen LogP contribution in [0.3, 0.4) is 0 Å². The van der Waals surface area contributed by atoms with Gasteiger partial charge in [0, 0.05) is 12.0 Å². The van der Waals surface area contributed by atoms with Crippen molar-refractivity contribution in [1.82, 2.24) is 4.90 Å². The number of hydrogen-bond donors (Lipinski definition) is 0. The largest absolute Gasteiger partial charge is 0.308 e. The molecule has 2 heteroatoms.